The number of carbonyl (C=O) groups excluding carboxylic acids is 1. The average Bonchev–Trinajstić information content (AvgIpc) is 3.22. The van der Waals surface area contributed by atoms with Gasteiger partial charge in [-0.2, -0.15) is 5.10 Å². The van der Waals surface area contributed by atoms with Gasteiger partial charge in [0.05, 0.1) is 12.6 Å². The van der Waals surface area contributed by atoms with E-state index in [1.165, 1.54) is 0 Å². The van der Waals surface area contributed by atoms with Crippen molar-refractivity contribution >= 4 is 11.6 Å². The Morgan fingerprint density at radius 2 is 2.24 bits per heavy atom. The van der Waals surface area contributed by atoms with Crippen LogP contribution in [0.5, 0.6) is 0 Å². The first-order chi connectivity index (χ1) is 12.2. The highest BCUT2D eigenvalue weighted by atomic mass is 16.2. The third kappa shape index (κ3) is 3.40. The zero-order chi connectivity index (χ0) is 17.2. The maximum absolute atomic E-state index is 12.6. The second-order valence-electron chi connectivity index (χ2n) is 6.80. The Morgan fingerprint density at radius 3 is 3.08 bits per heavy atom. The van der Waals surface area contributed by atoms with E-state index in [9.17, 15) is 4.79 Å². The lowest BCUT2D eigenvalue weighted by molar-refractivity contribution is -0.132. The molecule has 1 aliphatic heterocycles. The molecule has 0 aliphatic carbocycles. The van der Waals surface area contributed by atoms with Crippen LogP contribution < -0.4 is 0 Å². The maximum Gasteiger partial charge on any atom is 0.227 e. The number of pyridine rings is 1. The summed E-state index contributed by atoms with van der Waals surface area (Å²) in [5.74, 6) is 1.59. The molecule has 7 nitrogen and oxygen atoms in total. The van der Waals surface area contributed by atoms with Crippen LogP contribution in [0.3, 0.4) is 0 Å². The Morgan fingerprint density at radius 1 is 1.32 bits per heavy atom. The van der Waals surface area contributed by atoms with E-state index in [-0.39, 0.29) is 5.91 Å². The fourth-order valence-electron chi connectivity index (χ4n) is 3.60. The van der Waals surface area contributed by atoms with Crippen molar-refractivity contribution in [2.45, 2.75) is 25.7 Å². The molecule has 1 unspecified atom stereocenters. The van der Waals surface area contributed by atoms with Crippen molar-refractivity contribution in [1.82, 2.24) is 29.3 Å². The Balaban J connectivity index is 1.41. The van der Waals surface area contributed by atoms with Gasteiger partial charge >= 0.3 is 0 Å². The first kappa shape index (κ1) is 15.8. The third-order valence-corrected chi connectivity index (χ3v) is 4.84. The Hall–Kier alpha value is -2.70. The highest BCUT2D eigenvalue weighted by Gasteiger charge is 2.25. The molecule has 0 bridgehead atoms. The topological polar surface area (TPSA) is 68.3 Å². The highest BCUT2D eigenvalue weighted by Crippen LogP contribution is 2.21. The number of fused-ring (bicyclic) bond motifs is 1. The lowest BCUT2D eigenvalue weighted by atomic mass is 9.94. The summed E-state index contributed by atoms with van der Waals surface area (Å²) in [6.07, 6.45) is 9.11. The summed E-state index contributed by atoms with van der Waals surface area (Å²) in [5.41, 5.74) is 1.84. The van der Waals surface area contributed by atoms with Crippen LogP contribution in [0.2, 0.25) is 0 Å². The monoisotopic (exact) mass is 338 g/mol. The molecule has 0 spiro atoms. The summed E-state index contributed by atoms with van der Waals surface area (Å²) in [5, 5.41) is 12.7. The number of amides is 1. The van der Waals surface area contributed by atoms with Gasteiger partial charge in [-0.15, -0.1) is 10.2 Å². The first-order valence-corrected chi connectivity index (χ1v) is 8.73. The van der Waals surface area contributed by atoms with Crippen LogP contribution in [0.25, 0.3) is 5.65 Å². The number of rotatable bonds is 4. The molecule has 4 rings (SSSR count). The average molecular weight is 338 g/mol. The summed E-state index contributed by atoms with van der Waals surface area (Å²) < 4.78 is 3.77. The van der Waals surface area contributed by atoms with Crippen molar-refractivity contribution in [3.63, 3.8) is 0 Å². The molecule has 1 saturated heterocycles. The number of hydrogen-bond acceptors (Lipinski definition) is 4. The number of aryl methyl sites for hydroxylation is 1. The molecule has 0 aromatic carbocycles. The molecule has 1 atom stereocenters. The molecule has 130 valence electrons. The van der Waals surface area contributed by atoms with Gasteiger partial charge in [0.25, 0.3) is 0 Å². The van der Waals surface area contributed by atoms with E-state index < -0.39 is 0 Å². The zero-order valence-corrected chi connectivity index (χ0v) is 14.4. The van der Waals surface area contributed by atoms with Crippen LogP contribution in [-0.4, -0.2) is 48.3 Å². The van der Waals surface area contributed by atoms with Crippen molar-refractivity contribution in [3.8, 4) is 0 Å². The number of carbonyl (C=O) groups is 1. The second kappa shape index (κ2) is 6.66. The predicted molar refractivity (Wildman–Crippen MR) is 92.9 cm³/mol. The summed E-state index contributed by atoms with van der Waals surface area (Å²) in [4.78, 5) is 14.6. The quantitative estimate of drug-likeness (QED) is 0.723. The molecule has 1 amide bonds. The Labute approximate surface area is 146 Å². The number of nitrogens with zero attached hydrogens (tertiary/aromatic N) is 6. The summed E-state index contributed by atoms with van der Waals surface area (Å²) in [6.45, 7) is 1.64. The van der Waals surface area contributed by atoms with Crippen LogP contribution in [0.15, 0.2) is 36.8 Å². The summed E-state index contributed by atoms with van der Waals surface area (Å²) in [7, 11) is 1.87. The fraction of sp³-hybridized carbons (Fsp3) is 0.444. The van der Waals surface area contributed by atoms with E-state index in [0.717, 1.165) is 49.4 Å². The van der Waals surface area contributed by atoms with E-state index in [0.29, 0.717) is 12.3 Å². The molecule has 0 saturated carbocycles. The SMILES string of the molecule is Cn1cc(CC(=O)N2CCCC(Cc3nnc4ccccn34)C2)cn1. The van der Waals surface area contributed by atoms with Crippen LogP contribution in [0.4, 0.5) is 0 Å². The number of aromatic nitrogens is 5. The molecular formula is C18H22N6O. The standard InChI is InChI=1S/C18H22N6O/c1-22-12-15(11-19-22)10-18(25)23-7-4-5-14(13-23)9-17-21-20-16-6-2-3-8-24(16)17/h2-3,6,8,11-12,14H,4-5,7,9-10,13H2,1H3. The van der Waals surface area contributed by atoms with Gasteiger partial charge < -0.3 is 4.90 Å². The van der Waals surface area contributed by atoms with Crippen LogP contribution in [-0.2, 0) is 24.7 Å². The molecule has 3 aromatic heterocycles. The molecule has 0 radical (unpaired) electrons. The van der Waals surface area contributed by atoms with Gasteiger partial charge in [0.1, 0.15) is 5.82 Å². The molecule has 0 N–H and O–H groups in total. The van der Waals surface area contributed by atoms with Gasteiger partial charge in [-0.3, -0.25) is 13.9 Å². The highest BCUT2D eigenvalue weighted by molar-refractivity contribution is 5.78. The van der Waals surface area contributed by atoms with Gasteiger partial charge in [-0.1, -0.05) is 6.07 Å². The maximum atomic E-state index is 12.6. The van der Waals surface area contributed by atoms with Crippen molar-refractivity contribution in [1.29, 1.82) is 0 Å². The number of piperidine rings is 1. The van der Waals surface area contributed by atoms with Gasteiger partial charge in [-0.25, -0.2) is 0 Å². The van der Waals surface area contributed by atoms with E-state index in [1.54, 1.807) is 10.9 Å². The number of hydrogen-bond donors (Lipinski definition) is 0. The first-order valence-electron chi connectivity index (χ1n) is 8.73. The molecule has 1 fully saturated rings. The number of likely N-dealkylation sites (tertiary alicyclic amines) is 1. The molecule has 4 heterocycles. The summed E-state index contributed by atoms with van der Waals surface area (Å²) >= 11 is 0. The van der Waals surface area contributed by atoms with Crippen molar-refractivity contribution in [3.05, 3.63) is 48.2 Å². The van der Waals surface area contributed by atoms with Crippen LogP contribution >= 0.6 is 0 Å². The van der Waals surface area contributed by atoms with E-state index >= 15 is 0 Å². The fourth-order valence-corrected chi connectivity index (χ4v) is 3.60. The van der Waals surface area contributed by atoms with Crippen molar-refractivity contribution in [2.24, 2.45) is 13.0 Å². The van der Waals surface area contributed by atoms with Gasteiger partial charge in [0.15, 0.2) is 5.65 Å². The Bertz CT molecular complexity index is 882. The third-order valence-electron chi connectivity index (χ3n) is 4.84. The van der Waals surface area contributed by atoms with Crippen LogP contribution in [0, 0.1) is 5.92 Å². The normalized spacial score (nSPS) is 18.0. The molecular weight excluding hydrogens is 316 g/mol. The lowest BCUT2D eigenvalue weighted by Crippen LogP contribution is -2.41. The lowest BCUT2D eigenvalue weighted by Gasteiger charge is -2.32. The van der Waals surface area contributed by atoms with E-state index in [2.05, 4.69) is 15.3 Å². The van der Waals surface area contributed by atoms with E-state index in [1.807, 2.05) is 46.9 Å². The molecule has 25 heavy (non-hydrogen) atoms. The molecule has 7 heteroatoms. The minimum atomic E-state index is 0.184. The van der Waals surface area contributed by atoms with Crippen molar-refractivity contribution < 1.29 is 4.79 Å². The second-order valence-corrected chi connectivity index (χ2v) is 6.80. The predicted octanol–water partition coefficient (Wildman–Crippen LogP) is 1.49. The van der Waals surface area contributed by atoms with Crippen LogP contribution in [0.1, 0.15) is 24.2 Å². The minimum absolute atomic E-state index is 0.184. The molecule has 1 aliphatic rings. The van der Waals surface area contributed by atoms with Gasteiger partial charge in [0.2, 0.25) is 5.91 Å². The van der Waals surface area contributed by atoms with Gasteiger partial charge in [0, 0.05) is 39.0 Å². The zero-order valence-electron chi connectivity index (χ0n) is 14.4. The minimum Gasteiger partial charge on any atom is -0.342 e. The Kier molecular flexibility index (Phi) is 4.21. The largest absolute Gasteiger partial charge is 0.342 e. The van der Waals surface area contributed by atoms with Gasteiger partial charge in [-0.05, 0) is 36.5 Å². The van der Waals surface area contributed by atoms with E-state index in [4.69, 9.17) is 0 Å². The molecule has 3 aromatic rings. The summed E-state index contributed by atoms with van der Waals surface area (Å²) in [6, 6.07) is 5.92. The smallest absolute Gasteiger partial charge is 0.227 e. The van der Waals surface area contributed by atoms with Crippen molar-refractivity contribution in [2.75, 3.05) is 13.1 Å².